The van der Waals surface area contributed by atoms with E-state index in [9.17, 15) is 26.4 Å². The van der Waals surface area contributed by atoms with Gasteiger partial charge < -0.3 is 9.08 Å². The van der Waals surface area contributed by atoms with E-state index in [-0.39, 0.29) is 29.7 Å². The Morgan fingerprint density at radius 2 is 1.70 bits per heavy atom. The Bertz CT molecular complexity index is 1080. The average Bonchev–Trinajstić information content (AvgIpc) is 2.70. The molecule has 0 N–H and O–H groups in total. The summed E-state index contributed by atoms with van der Waals surface area (Å²) in [4.78, 5) is 14.0. The van der Waals surface area contributed by atoms with Gasteiger partial charge in [0, 0.05) is 24.6 Å². The van der Waals surface area contributed by atoms with Crippen LogP contribution < -0.4 is 4.18 Å². The summed E-state index contributed by atoms with van der Waals surface area (Å²) in [5.74, 6) is -0.112. The zero-order chi connectivity index (χ0) is 25.0. The van der Waals surface area contributed by atoms with Crippen molar-refractivity contribution in [3.05, 3.63) is 59.7 Å². The normalized spacial score (nSPS) is 13.5. The highest BCUT2D eigenvalue weighted by Crippen LogP contribution is 2.32. The van der Waals surface area contributed by atoms with Gasteiger partial charge in [-0.2, -0.15) is 21.6 Å². The van der Waals surface area contributed by atoms with E-state index in [0.717, 1.165) is 18.2 Å². The minimum absolute atomic E-state index is 0.0354. The van der Waals surface area contributed by atoms with Crippen LogP contribution in [0.25, 0.3) is 0 Å². The van der Waals surface area contributed by atoms with Crippen molar-refractivity contribution in [1.82, 2.24) is 4.90 Å². The summed E-state index contributed by atoms with van der Waals surface area (Å²) in [6, 6.07) is 9.58. The lowest BCUT2D eigenvalue weighted by Crippen LogP contribution is -2.39. The zero-order valence-electron chi connectivity index (χ0n) is 19.4. The van der Waals surface area contributed by atoms with Crippen molar-refractivity contribution >= 4 is 16.0 Å². The number of halogens is 3. The highest BCUT2D eigenvalue weighted by atomic mass is 32.2. The molecule has 2 aromatic rings. The number of hydrogen-bond acceptors (Lipinski definition) is 4. The predicted octanol–water partition coefficient (Wildman–Crippen LogP) is 6.04. The second-order valence-electron chi connectivity index (χ2n) is 9.19. The lowest BCUT2D eigenvalue weighted by molar-refractivity contribution is -0.138. The van der Waals surface area contributed by atoms with E-state index in [1.807, 2.05) is 34.6 Å². The van der Waals surface area contributed by atoms with Crippen LogP contribution in [-0.2, 0) is 27.6 Å². The highest BCUT2D eigenvalue weighted by Gasteiger charge is 2.32. The molecule has 0 bridgehead atoms. The molecule has 0 aromatic heterocycles. The summed E-state index contributed by atoms with van der Waals surface area (Å²) in [6.07, 6.45) is -3.68. The molecule has 0 radical (unpaired) electrons. The van der Waals surface area contributed by atoms with Crippen LogP contribution in [0.5, 0.6) is 5.75 Å². The fourth-order valence-electron chi connectivity index (χ4n) is 3.16. The molecule has 0 unspecified atom stereocenters. The van der Waals surface area contributed by atoms with E-state index < -0.39 is 26.8 Å². The van der Waals surface area contributed by atoms with Gasteiger partial charge in [-0.15, -0.1) is 0 Å². The molecule has 2 rings (SSSR count). The van der Waals surface area contributed by atoms with Crippen molar-refractivity contribution in [3.8, 4) is 5.75 Å². The summed E-state index contributed by atoms with van der Waals surface area (Å²) >= 11 is 0. The Labute approximate surface area is 193 Å². The minimum Gasteiger partial charge on any atom is -0.379 e. The first-order valence-electron chi connectivity index (χ1n) is 10.6. The number of carbonyl (C=O) groups excluding carboxylic acids is 1. The molecule has 5 nitrogen and oxygen atoms in total. The topological polar surface area (TPSA) is 63.7 Å². The van der Waals surface area contributed by atoms with E-state index in [1.165, 1.54) is 6.07 Å². The van der Waals surface area contributed by atoms with Gasteiger partial charge in [-0.1, -0.05) is 52.0 Å². The molecule has 1 atom stereocenters. The number of para-hydroxylation sites is 1. The molecular weight excluding hydrogens is 455 g/mol. The van der Waals surface area contributed by atoms with Crippen LogP contribution in [0.2, 0.25) is 0 Å². The molecule has 0 spiro atoms. The quantitative estimate of drug-likeness (QED) is 0.428. The molecule has 2 aromatic carbocycles. The van der Waals surface area contributed by atoms with E-state index >= 15 is 0 Å². The first kappa shape index (κ1) is 26.7. The largest absolute Gasteiger partial charge is 0.416 e. The third-order valence-electron chi connectivity index (χ3n) is 5.09. The van der Waals surface area contributed by atoms with E-state index in [0.29, 0.717) is 24.5 Å². The molecular formula is C24H30F3NO4S. The maximum absolute atomic E-state index is 13.0. The number of hydrogen-bond donors (Lipinski definition) is 0. The van der Waals surface area contributed by atoms with E-state index in [2.05, 4.69) is 0 Å². The highest BCUT2D eigenvalue weighted by molar-refractivity contribution is 7.87. The summed E-state index contributed by atoms with van der Waals surface area (Å²) < 4.78 is 69.8. The third kappa shape index (κ3) is 7.48. The molecule has 0 saturated carbocycles. The van der Waals surface area contributed by atoms with Crippen molar-refractivity contribution in [3.63, 3.8) is 0 Å². The van der Waals surface area contributed by atoms with Crippen LogP contribution in [0.15, 0.2) is 53.4 Å². The van der Waals surface area contributed by atoms with Crippen molar-refractivity contribution < 1.29 is 30.6 Å². The van der Waals surface area contributed by atoms with Crippen molar-refractivity contribution in [2.75, 3.05) is 0 Å². The van der Waals surface area contributed by atoms with Crippen molar-refractivity contribution in [2.45, 2.75) is 71.1 Å². The van der Waals surface area contributed by atoms with E-state index in [1.54, 1.807) is 23.1 Å². The second-order valence-corrected chi connectivity index (χ2v) is 10.7. The number of alkyl halides is 3. The van der Waals surface area contributed by atoms with Gasteiger partial charge in [-0.3, -0.25) is 4.79 Å². The fourth-order valence-corrected chi connectivity index (χ4v) is 4.17. The van der Waals surface area contributed by atoms with Gasteiger partial charge in [0.1, 0.15) is 10.6 Å². The van der Waals surface area contributed by atoms with Crippen LogP contribution in [0, 0.1) is 5.41 Å². The lowest BCUT2D eigenvalue weighted by Gasteiger charge is -2.32. The molecule has 9 heteroatoms. The molecule has 0 fully saturated rings. The summed E-state index contributed by atoms with van der Waals surface area (Å²) in [5.41, 5.74) is -0.877. The summed E-state index contributed by atoms with van der Waals surface area (Å²) in [7, 11) is -4.53. The van der Waals surface area contributed by atoms with Crippen LogP contribution in [0.4, 0.5) is 13.2 Å². The van der Waals surface area contributed by atoms with Crippen LogP contribution in [-0.4, -0.2) is 25.3 Å². The number of carbonyl (C=O) groups is 1. The van der Waals surface area contributed by atoms with Crippen LogP contribution in [0.3, 0.4) is 0 Å². The third-order valence-corrected chi connectivity index (χ3v) is 6.32. The summed E-state index contributed by atoms with van der Waals surface area (Å²) in [5, 5.41) is 0. The van der Waals surface area contributed by atoms with Gasteiger partial charge in [-0.25, -0.2) is 0 Å². The Kier molecular flexibility index (Phi) is 8.22. The van der Waals surface area contributed by atoms with Gasteiger partial charge >= 0.3 is 16.3 Å². The molecule has 33 heavy (non-hydrogen) atoms. The maximum atomic E-state index is 13.0. The Morgan fingerprint density at radius 1 is 1.06 bits per heavy atom. The zero-order valence-corrected chi connectivity index (χ0v) is 20.3. The standard InChI is InChI=1S/C24H30F3NO4S/c1-6-17(2)28(22(29)15-23(3,4)5)16-18-10-7-8-13-21(18)32-33(30,31)20-12-9-11-19(14-20)24(25,26)27/h7-14,17H,6,15-16H2,1-5H3/t17-/m0/s1. The first-order chi connectivity index (χ1) is 15.1. The Balaban J connectivity index is 2.37. The number of rotatable bonds is 8. The van der Waals surface area contributed by atoms with E-state index in [4.69, 9.17) is 4.18 Å². The van der Waals surface area contributed by atoms with Crippen molar-refractivity contribution in [1.29, 1.82) is 0 Å². The van der Waals surface area contributed by atoms with Gasteiger partial charge in [0.05, 0.1) is 5.56 Å². The summed E-state index contributed by atoms with van der Waals surface area (Å²) in [6.45, 7) is 9.83. The van der Waals surface area contributed by atoms with Gasteiger partial charge in [0.25, 0.3) is 0 Å². The molecule has 0 aliphatic carbocycles. The van der Waals surface area contributed by atoms with Crippen molar-refractivity contribution in [2.24, 2.45) is 5.41 Å². The fraction of sp³-hybridized carbons (Fsp3) is 0.458. The average molecular weight is 486 g/mol. The minimum atomic E-state index is -4.69. The molecule has 0 aliphatic heterocycles. The SMILES string of the molecule is CC[C@H](C)N(Cc1ccccc1OS(=O)(=O)c1cccc(C(F)(F)F)c1)C(=O)CC(C)(C)C. The Hall–Kier alpha value is -2.55. The monoisotopic (exact) mass is 485 g/mol. The predicted molar refractivity (Wildman–Crippen MR) is 120 cm³/mol. The van der Waals surface area contributed by atoms with Crippen LogP contribution >= 0.6 is 0 Å². The molecule has 0 saturated heterocycles. The molecule has 182 valence electrons. The smallest absolute Gasteiger partial charge is 0.379 e. The second kappa shape index (κ2) is 10.2. The van der Waals surface area contributed by atoms with Gasteiger partial charge in [-0.05, 0) is 43.0 Å². The molecule has 1 amide bonds. The van der Waals surface area contributed by atoms with Gasteiger partial charge in [0.2, 0.25) is 5.91 Å². The first-order valence-corrected chi connectivity index (χ1v) is 12.0. The van der Waals surface area contributed by atoms with Crippen LogP contribution in [0.1, 0.15) is 58.6 Å². The van der Waals surface area contributed by atoms with Gasteiger partial charge in [0.15, 0.2) is 0 Å². The Morgan fingerprint density at radius 3 is 2.27 bits per heavy atom. The number of nitrogens with zero attached hydrogens (tertiary/aromatic N) is 1. The number of amides is 1. The lowest BCUT2D eigenvalue weighted by atomic mass is 9.91. The molecule has 0 aliphatic rings. The number of benzene rings is 2. The maximum Gasteiger partial charge on any atom is 0.416 e. The molecule has 0 heterocycles.